The Kier molecular flexibility index (Phi) is 16.4. The van der Waals surface area contributed by atoms with Crippen molar-refractivity contribution in [3.8, 4) is 0 Å². The number of likely N-dealkylation sites (tertiary alicyclic amines) is 1. The first-order valence-corrected chi connectivity index (χ1v) is 20.6. The summed E-state index contributed by atoms with van der Waals surface area (Å²) < 4.78 is 0. The second-order valence-electron chi connectivity index (χ2n) is 15.8. The van der Waals surface area contributed by atoms with E-state index >= 15 is 0 Å². The van der Waals surface area contributed by atoms with E-state index < -0.39 is 42.0 Å². The quantitative estimate of drug-likeness (QED) is 0.109. The van der Waals surface area contributed by atoms with Gasteiger partial charge in [0.2, 0.25) is 11.8 Å². The highest BCUT2D eigenvalue weighted by Crippen LogP contribution is 2.30. The Balaban J connectivity index is 1.56. The minimum atomic E-state index is -1.08. The molecule has 0 radical (unpaired) electrons. The van der Waals surface area contributed by atoms with E-state index in [0.717, 1.165) is 42.5 Å². The molecule has 7 atom stereocenters. The highest BCUT2D eigenvalue weighted by Gasteiger charge is 2.38. The zero-order valence-electron chi connectivity index (χ0n) is 33.5. The number of nitrogens with zero attached hydrogens (tertiary/aromatic N) is 3. The number of carboxylic acids is 1. The molecule has 0 spiro atoms. The van der Waals surface area contributed by atoms with Gasteiger partial charge in [-0.3, -0.25) is 24.1 Å². The molecular formula is C43H61N5O6S. The summed E-state index contributed by atoms with van der Waals surface area (Å²) in [6.07, 6.45) is 3.25. The van der Waals surface area contributed by atoms with E-state index in [2.05, 4.69) is 20.5 Å². The lowest BCUT2D eigenvalue weighted by Gasteiger charge is -2.40. The third kappa shape index (κ3) is 12.4. The summed E-state index contributed by atoms with van der Waals surface area (Å²) in [4.78, 5) is 62.1. The fourth-order valence-electron chi connectivity index (χ4n) is 7.28. The van der Waals surface area contributed by atoms with Crippen LogP contribution in [-0.4, -0.2) is 86.4 Å². The van der Waals surface area contributed by atoms with Crippen LogP contribution in [0.15, 0.2) is 60.0 Å². The van der Waals surface area contributed by atoms with Gasteiger partial charge < -0.3 is 25.7 Å². The van der Waals surface area contributed by atoms with Crippen LogP contribution in [0.5, 0.6) is 0 Å². The summed E-state index contributed by atoms with van der Waals surface area (Å²) in [5.41, 5.74) is 3.16. The van der Waals surface area contributed by atoms with E-state index in [1.54, 1.807) is 12.3 Å². The van der Waals surface area contributed by atoms with Crippen molar-refractivity contribution in [2.75, 3.05) is 13.6 Å². The second kappa shape index (κ2) is 20.7. The van der Waals surface area contributed by atoms with Crippen LogP contribution in [0, 0.1) is 24.7 Å². The number of carbonyl (C=O) groups excluding carboxylic acids is 3. The molecule has 1 saturated heterocycles. The number of nitrogens with one attached hydrogen (secondary N) is 2. The van der Waals surface area contributed by atoms with Crippen molar-refractivity contribution < 1.29 is 29.4 Å². The van der Waals surface area contributed by atoms with Crippen molar-refractivity contribution in [3.63, 3.8) is 0 Å². The van der Waals surface area contributed by atoms with Gasteiger partial charge in [-0.1, -0.05) is 108 Å². The highest BCUT2D eigenvalue weighted by molar-refractivity contribution is 7.09. The summed E-state index contributed by atoms with van der Waals surface area (Å²) in [6.45, 7) is 12.8. The van der Waals surface area contributed by atoms with E-state index in [1.807, 2.05) is 101 Å². The fraction of sp³-hybridized carbons (Fsp3) is 0.558. The standard InChI is InChI=1S/C43H61N5O6S/c1-8-29(5)38(46-40(51)35-16-12-13-21-47(35)7)42(52)48(25-32-14-10-9-11-15-32)36(27(2)3)24-37(49)41-45-34(26-55-41)39(50)44-33(22-30(6)43(53)54)23-31-19-17-28(4)18-20-31/h9-11,14-15,17-20,26-27,29-30,33,35-38,49H,8,12-13,16,21-25H2,1-7H3,(H,44,50)(H,46,51)(H,53,54)/t29?,30-,33+,35?,36+,37+,38?/m0/s1. The third-order valence-electron chi connectivity index (χ3n) is 11.0. The largest absolute Gasteiger partial charge is 0.481 e. The number of aliphatic hydroxyl groups is 1. The Morgan fingerprint density at radius 2 is 1.65 bits per heavy atom. The minimum Gasteiger partial charge on any atom is -0.481 e. The molecule has 0 bridgehead atoms. The Bertz CT molecular complexity index is 1700. The predicted molar refractivity (Wildman–Crippen MR) is 217 cm³/mol. The summed E-state index contributed by atoms with van der Waals surface area (Å²) in [5, 5.41) is 29.4. The lowest BCUT2D eigenvalue weighted by molar-refractivity contribution is -0.143. The number of piperidine rings is 1. The molecule has 1 aliphatic heterocycles. The molecule has 2 heterocycles. The number of aromatic nitrogens is 1. The highest BCUT2D eigenvalue weighted by atomic mass is 32.1. The van der Waals surface area contributed by atoms with Crippen LogP contribution in [0.1, 0.15) is 111 Å². The molecule has 55 heavy (non-hydrogen) atoms. The summed E-state index contributed by atoms with van der Waals surface area (Å²) in [7, 11) is 1.96. The van der Waals surface area contributed by atoms with Crippen LogP contribution in [0.25, 0.3) is 0 Å². The normalized spacial score (nSPS) is 18.1. The van der Waals surface area contributed by atoms with E-state index in [9.17, 15) is 29.4 Å². The van der Waals surface area contributed by atoms with Crippen LogP contribution >= 0.6 is 11.3 Å². The van der Waals surface area contributed by atoms with Gasteiger partial charge in [-0.2, -0.15) is 0 Å². The van der Waals surface area contributed by atoms with Crippen molar-refractivity contribution in [3.05, 3.63) is 87.4 Å². The zero-order chi connectivity index (χ0) is 40.2. The van der Waals surface area contributed by atoms with Crippen LogP contribution < -0.4 is 10.6 Å². The van der Waals surface area contributed by atoms with Crippen molar-refractivity contribution in [1.29, 1.82) is 0 Å². The maximum absolute atomic E-state index is 14.8. The van der Waals surface area contributed by atoms with Gasteiger partial charge in [0.1, 0.15) is 22.8 Å². The Labute approximate surface area is 330 Å². The molecule has 1 aliphatic rings. The maximum Gasteiger partial charge on any atom is 0.306 e. The van der Waals surface area contributed by atoms with Gasteiger partial charge in [0, 0.05) is 30.4 Å². The summed E-state index contributed by atoms with van der Waals surface area (Å²) >= 11 is 1.17. The number of likely N-dealkylation sites (N-methyl/N-ethyl adjacent to an activating group) is 1. The molecule has 2 aromatic carbocycles. The molecule has 0 saturated carbocycles. The van der Waals surface area contributed by atoms with E-state index in [0.29, 0.717) is 24.4 Å². The number of rotatable bonds is 19. The summed E-state index contributed by atoms with van der Waals surface area (Å²) in [5.74, 6) is -2.56. The first kappa shape index (κ1) is 43.6. The molecule has 12 heteroatoms. The number of hydrogen-bond acceptors (Lipinski definition) is 8. The third-order valence-corrected chi connectivity index (χ3v) is 11.9. The average Bonchev–Trinajstić information content (AvgIpc) is 3.67. The van der Waals surface area contributed by atoms with Gasteiger partial charge in [0.15, 0.2) is 0 Å². The molecule has 4 rings (SSSR count). The number of hydrogen-bond donors (Lipinski definition) is 4. The van der Waals surface area contributed by atoms with Crippen molar-refractivity contribution >= 4 is 35.0 Å². The summed E-state index contributed by atoms with van der Waals surface area (Å²) in [6, 6.07) is 15.7. The van der Waals surface area contributed by atoms with E-state index in [4.69, 9.17) is 0 Å². The van der Waals surface area contributed by atoms with E-state index in [-0.39, 0.29) is 48.2 Å². The number of amides is 3. The zero-order valence-corrected chi connectivity index (χ0v) is 34.4. The van der Waals surface area contributed by atoms with Crippen molar-refractivity contribution in [2.45, 2.75) is 123 Å². The average molecular weight is 776 g/mol. The molecule has 1 aromatic heterocycles. The lowest BCUT2D eigenvalue weighted by Crippen LogP contribution is -2.58. The second-order valence-corrected chi connectivity index (χ2v) is 16.7. The van der Waals surface area contributed by atoms with Gasteiger partial charge in [0.25, 0.3) is 5.91 Å². The Morgan fingerprint density at radius 1 is 0.964 bits per heavy atom. The van der Waals surface area contributed by atoms with Crippen molar-refractivity contribution in [1.82, 2.24) is 25.4 Å². The molecule has 3 unspecified atom stereocenters. The van der Waals surface area contributed by atoms with Crippen LogP contribution in [-0.2, 0) is 27.3 Å². The number of benzene rings is 2. The first-order valence-electron chi connectivity index (χ1n) is 19.8. The molecule has 1 fully saturated rings. The van der Waals surface area contributed by atoms with Gasteiger partial charge >= 0.3 is 5.97 Å². The van der Waals surface area contributed by atoms with Crippen molar-refractivity contribution in [2.24, 2.45) is 17.8 Å². The van der Waals surface area contributed by atoms with Crippen LogP contribution in [0.4, 0.5) is 0 Å². The van der Waals surface area contributed by atoms with E-state index in [1.165, 1.54) is 11.3 Å². The fourth-order valence-corrected chi connectivity index (χ4v) is 8.08. The lowest BCUT2D eigenvalue weighted by atomic mass is 9.91. The number of carboxylic acid groups (broad SMARTS) is 1. The monoisotopic (exact) mass is 775 g/mol. The molecule has 3 amide bonds. The number of aliphatic carboxylic acids is 1. The maximum atomic E-state index is 14.8. The molecule has 11 nitrogen and oxygen atoms in total. The number of aryl methyl sites for hydroxylation is 1. The van der Waals surface area contributed by atoms with Gasteiger partial charge in [-0.25, -0.2) is 4.98 Å². The Morgan fingerprint density at radius 3 is 2.27 bits per heavy atom. The SMILES string of the molecule is CCC(C)C(NC(=O)C1CCCCN1C)C(=O)N(Cc1ccccc1)[C@H](C[C@@H](O)c1nc(C(=O)N[C@@H](Cc2ccc(C)cc2)C[C@H](C)C(=O)O)cs1)C(C)C. The predicted octanol–water partition coefficient (Wildman–Crippen LogP) is 6.40. The molecule has 3 aromatic rings. The topological polar surface area (TPSA) is 152 Å². The number of carbonyl (C=O) groups is 4. The minimum absolute atomic E-state index is 0.0680. The molecular weight excluding hydrogens is 715 g/mol. The van der Waals surface area contributed by atoms with Gasteiger partial charge in [-0.05, 0) is 69.2 Å². The number of aliphatic hydroxyl groups excluding tert-OH is 1. The van der Waals surface area contributed by atoms with Gasteiger partial charge in [0.05, 0.1) is 12.0 Å². The number of thiazole rings is 1. The van der Waals surface area contributed by atoms with Crippen LogP contribution in [0.3, 0.4) is 0 Å². The molecule has 0 aliphatic carbocycles. The smallest absolute Gasteiger partial charge is 0.306 e. The molecule has 300 valence electrons. The van der Waals surface area contributed by atoms with Gasteiger partial charge in [-0.15, -0.1) is 11.3 Å². The van der Waals surface area contributed by atoms with Crippen LogP contribution in [0.2, 0.25) is 0 Å². The molecule has 4 N–H and O–H groups in total. The Hall–Kier alpha value is -4.13. The first-order chi connectivity index (χ1) is 26.2.